The predicted molar refractivity (Wildman–Crippen MR) is 174 cm³/mol. The van der Waals surface area contributed by atoms with E-state index in [0.29, 0.717) is 31.3 Å². The van der Waals surface area contributed by atoms with Crippen LogP contribution in [0.4, 0.5) is 0 Å². The molecule has 228 valence electrons. The van der Waals surface area contributed by atoms with E-state index in [1.807, 2.05) is 78.9 Å². The van der Waals surface area contributed by atoms with Crippen LogP contribution in [0, 0.1) is 0 Å². The summed E-state index contributed by atoms with van der Waals surface area (Å²) >= 11 is 0. The summed E-state index contributed by atoms with van der Waals surface area (Å²) in [5.74, 6) is 1.36. The van der Waals surface area contributed by atoms with Crippen molar-refractivity contribution < 1.29 is 19.3 Å². The molecule has 5 heteroatoms. The summed E-state index contributed by atoms with van der Waals surface area (Å²) < 4.78 is 18.0. The van der Waals surface area contributed by atoms with Gasteiger partial charge in [0.15, 0.2) is 0 Å². The first kappa shape index (κ1) is 32.3. The molecular weight excluding hydrogens is 534 g/mol. The topological polar surface area (TPSA) is 60.0 Å². The van der Waals surface area contributed by atoms with Crippen molar-refractivity contribution in [3.05, 3.63) is 131 Å². The van der Waals surface area contributed by atoms with Gasteiger partial charge in [-0.05, 0) is 73.0 Å². The third-order valence-electron chi connectivity index (χ3n) is 7.36. The molecular formula is C38H47NO4. The van der Waals surface area contributed by atoms with Gasteiger partial charge in [-0.25, -0.2) is 0 Å². The van der Waals surface area contributed by atoms with Crippen molar-refractivity contribution in [1.29, 1.82) is 0 Å². The number of benzene rings is 4. The zero-order valence-corrected chi connectivity index (χ0v) is 25.3. The molecule has 4 aromatic rings. The van der Waals surface area contributed by atoms with Crippen LogP contribution in [0.3, 0.4) is 0 Å². The predicted octanol–water partition coefficient (Wildman–Crippen LogP) is 8.07. The SMILES string of the molecule is OC(CNCCCCCCOCCCCc1ccccc1)c1cc(OCc2ccccc2)cc(OCc2ccccc2)c1. The van der Waals surface area contributed by atoms with Crippen LogP contribution in [0.2, 0.25) is 0 Å². The molecule has 0 saturated heterocycles. The van der Waals surface area contributed by atoms with Gasteiger partial charge >= 0.3 is 0 Å². The lowest BCUT2D eigenvalue weighted by atomic mass is 10.1. The van der Waals surface area contributed by atoms with Crippen LogP contribution in [0.15, 0.2) is 109 Å². The van der Waals surface area contributed by atoms with Crippen LogP contribution in [-0.2, 0) is 24.4 Å². The normalized spacial score (nSPS) is 11.7. The van der Waals surface area contributed by atoms with Crippen LogP contribution in [-0.4, -0.2) is 31.4 Å². The van der Waals surface area contributed by atoms with Crippen LogP contribution >= 0.6 is 0 Å². The van der Waals surface area contributed by atoms with Gasteiger partial charge in [-0.1, -0.05) is 104 Å². The highest BCUT2D eigenvalue weighted by atomic mass is 16.5. The van der Waals surface area contributed by atoms with Crippen molar-refractivity contribution in [3.63, 3.8) is 0 Å². The van der Waals surface area contributed by atoms with E-state index < -0.39 is 6.10 Å². The van der Waals surface area contributed by atoms with E-state index in [-0.39, 0.29) is 0 Å². The Kier molecular flexibility index (Phi) is 14.7. The molecule has 1 unspecified atom stereocenters. The Balaban J connectivity index is 1.12. The first-order valence-corrected chi connectivity index (χ1v) is 15.7. The van der Waals surface area contributed by atoms with Crippen molar-refractivity contribution in [2.45, 2.75) is 64.3 Å². The molecule has 1 atom stereocenters. The molecule has 0 amide bonds. The molecule has 0 fully saturated rings. The maximum Gasteiger partial charge on any atom is 0.123 e. The molecule has 0 aromatic heterocycles. The van der Waals surface area contributed by atoms with Gasteiger partial charge in [-0.2, -0.15) is 0 Å². The van der Waals surface area contributed by atoms with Crippen LogP contribution in [0.5, 0.6) is 11.5 Å². The maximum atomic E-state index is 11.0. The van der Waals surface area contributed by atoms with E-state index in [4.69, 9.17) is 14.2 Å². The average molecular weight is 582 g/mol. The second-order valence-electron chi connectivity index (χ2n) is 11.0. The summed E-state index contributed by atoms with van der Waals surface area (Å²) in [5, 5.41) is 14.4. The number of aryl methyl sites for hydroxylation is 1. The van der Waals surface area contributed by atoms with Gasteiger partial charge in [0.25, 0.3) is 0 Å². The van der Waals surface area contributed by atoms with Crippen molar-refractivity contribution in [2.75, 3.05) is 26.3 Å². The number of hydrogen-bond donors (Lipinski definition) is 2. The minimum absolute atomic E-state index is 0.454. The summed E-state index contributed by atoms with van der Waals surface area (Å²) in [6.07, 6.45) is 7.26. The number of aliphatic hydroxyl groups excluding tert-OH is 1. The molecule has 0 aliphatic heterocycles. The highest BCUT2D eigenvalue weighted by Crippen LogP contribution is 2.28. The molecule has 0 radical (unpaired) electrons. The highest BCUT2D eigenvalue weighted by Gasteiger charge is 2.12. The summed E-state index contributed by atoms with van der Waals surface area (Å²) in [6, 6.07) is 36.5. The number of rotatable bonds is 21. The Morgan fingerprint density at radius 3 is 1.65 bits per heavy atom. The van der Waals surface area contributed by atoms with Crippen molar-refractivity contribution in [2.24, 2.45) is 0 Å². The first-order valence-electron chi connectivity index (χ1n) is 15.7. The van der Waals surface area contributed by atoms with Crippen LogP contribution in [0.1, 0.15) is 66.9 Å². The fourth-order valence-electron chi connectivity index (χ4n) is 4.88. The lowest BCUT2D eigenvalue weighted by Crippen LogP contribution is -2.22. The van der Waals surface area contributed by atoms with Gasteiger partial charge in [0.1, 0.15) is 24.7 Å². The van der Waals surface area contributed by atoms with Gasteiger partial charge in [0.2, 0.25) is 0 Å². The second kappa shape index (κ2) is 19.5. The summed E-state index contributed by atoms with van der Waals surface area (Å²) in [6.45, 7) is 3.95. The van der Waals surface area contributed by atoms with E-state index in [1.54, 1.807) is 0 Å². The Labute approximate surface area is 257 Å². The number of unbranched alkanes of at least 4 members (excludes halogenated alkanes) is 4. The molecule has 0 aliphatic rings. The molecule has 0 aliphatic carbocycles. The minimum Gasteiger partial charge on any atom is -0.489 e. The molecule has 5 nitrogen and oxygen atoms in total. The Morgan fingerprint density at radius 1 is 0.558 bits per heavy atom. The zero-order chi connectivity index (χ0) is 29.8. The second-order valence-corrected chi connectivity index (χ2v) is 11.0. The summed E-state index contributed by atoms with van der Waals surface area (Å²) in [5.41, 5.74) is 4.36. The van der Waals surface area contributed by atoms with Gasteiger partial charge in [0, 0.05) is 25.8 Å². The fourth-order valence-corrected chi connectivity index (χ4v) is 4.88. The summed E-state index contributed by atoms with van der Waals surface area (Å²) in [7, 11) is 0. The standard InChI is InChI=1S/C38H47NO4/c40-38(29-39-23-13-1-2-14-24-41-25-15-12-18-32-16-6-3-7-17-32)35-26-36(42-30-33-19-8-4-9-20-33)28-37(27-35)43-31-34-21-10-5-11-22-34/h3-11,16-17,19-22,26-28,38-40H,1-2,12-15,18,23-25,29-31H2. The monoisotopic (exact) mass is 581 g/mol. The third-order valence-corrected chi connectivity index (χ3v) is 7.36. The zero-order valence-electron chi connectivity index (χ0n) is 25.3. The average Bonchev–Trinajstić information content (AvgIpc) is 3.06. The van der Waals surface area contributed by atoms with E-state index in [0.717, 1.165) is 75.0 Å². The lowest BCUT2D eigenvalue weighted by molar-refractivity contribution is 0.126. The number of nitrogens with one attached hydrogen (secondary N) is 1. The minimum atomic E-state index is -0.658. The van der Waals surface area contributed by atoms with Gasteiger partial charge in [-0.15, -0.1) is 0 Å². The highest BCUT2D eigenvalue weighted by molar-refractivity contribution is 5.40. The van der Waals surface area contributed by atoms with Crippen LogP contribution < -0.4 is 14.8 Å². The Morgan fingerprint density at radius 2 is 1.07 bits per heavy atom. The molecule has 0 spiro atoms. The molecule has 0 saturated carbocycles. The third kappa shape index (κ3) is 13.0. The molecule has 43 heavy (non-hydrogen) atoms. The quantitative estimate of drug-likeness (QED) is 0.0975. The van der Waals surface area contributed by atoms with E-state index in [2.05, 4.69) is 35.6 Å². The molecule has 4 aromatic carbocycles. The molecule has 2 N–H and O–H groups in total. The maximum absolute atomic E-state index is 11.0. The van der Waals surface area contributed by atoms with Gasteiger partial charge in [0.05, 0.1) is 6.10 Å². The van der Waals surface area contributed by atoms with Crippen molar-refractivity contribution >= 4 is 0 Å². The largest absolute Gasteiger partial charge is 0.489 e. The Hall–Kier alpha value is -3.64. The van der Waals surface area contributed by atoms with E-state index in [1.165, 1.54) is 12.0 Å². The van der Waals surface area contributed by atoms with Crippen LogP contribution in [0.25, 0.3) is 0 Å². The smallest absolute Gasteiger partial charge is 0.123 e. The van der Waals surface area contributed by atoms with E-state index in [9.17, 15) is 5.11 Å². The lowest BCUT2D eigenvalue weighted by Gasteiger charge is -2.17. The molecule has 0 bridgehead atoms. The number of hydrogen-bond acceptors (Lipinski definition) is 5. The summed E-state index contributed by atoms with van der Waals surface area (Å²) in [4.78, 5) is 0. The molecule has 4 rings (SSSR count). The van der Waals surface area contributed by atoms with E-state index >= 15 is 0 Å². The fraction of sp³-hybridized carbons (Fsp3) is 0.368. The molecule has 0 heterocycles. The van der Waals surface area contributed by atoms with Crippen molar-refractivity contribution in [3.8, 4) is 11.5 Å². The van der Waals surface area contributed by atoms with Gasteiger partial charge < -0.3 is 24.6 Å². The Bertz CT molecular complexity index is 1210. The number of ether oxygens (including phenoxy) is 3. The van der Waals surface area contributed by atoms with Gasteiger partial charge in [-0.3, -0.25) is 0 Å². The first-order chi connectivity index (χ1) is 21.3. The van der Waals surface area contributed by atoms with Crippen molar-refractivity contribution in [1.82, 2.24) is 5.32 Å². The number of aliphatic hydroxyl groups is 1.